The summed E-state index contributed by atoms with van der Waals surface area (Å²) < 4.78 is 13.4. The van der Waals surface area contributed by atoms with Crippen molar-refractivity contribution in [1.29, 1.82) is 0 Å². The summed E-state index contributed by atoms with van der Waals surface area (Å²) >= 11 is 9.17. The van der Waals surface area contributed by atoms with Crippen LogP contribution in [0.1, 0.15) is 5.56 Å². The average Bonchev–Trinajstić information content (AvgIpc) is 3.05. The van der Waals surface area contributed by atoms with Gasteiger partial charge in [0.2, 0.25) is 0 Å². The molecule has 0 fully saturated rings. The number of rotatable bonds is 3. The minimum absolute atomic E-state index is 0.0160. The fraction of sp³-hybridized carbons (Fsp3) is 0.250. The van der Waals surface area contributed by atoms with E-state index in [0.29, 0.717) is 45.3 Å². The van der Waals surface area contributed by atoms with Gasteiger partial charge in [-0.05, 0) is 29.1 Å². The van der Waals surface area contributed by atoms with Crippen molar-refractivity contribution in [2.75, 3.05) is 13.2 Å². The van der Waals surface area contributed by atoms with Crippen molar-refractivity contribution in [1.82, 2.24) is 9.55 Å². The molecule has 0 N–H and O–H groups in total. The van der Waals surface area contributed by atoms with E-state index in [1.807, 2.05) is 23.6 Å². The zero-order chi connectivity index (χ0) is 16.7. The standard InChI is InChI=1S/C16H13ClN2O3S2/c1-19-15(20)14-11(2-5-23-14)18-16(19)24-8-9-6-10(17)13-12(7-9)21-3-4-22-13/h2,5-7H,3-4,8H2,1H3. The molecule has 1 aliphatic heterocycles. The predicted molar refractivity (Wildman–Crippen MR) is 96.9 cm³/mol. The van der Waals surface area contributed by atoms with Crippen LogP contribution in [0, 0.1) is 0 Å². The molecule has 0 saturated heterocycles. The van der Waals surface area contributed by atoms with Crippen LogP contribution in [-0.2, 0) is 12.8 Å². The molecule has 1 aliphatic rings. The van der Waals surface area contributed by atoms with Crippen LogP contribution in [0.15, 0.2) is 33.5 Å². The molecule has 24 heavy (non-hydrogen) atoms. The molecule has 8 heteroatoms. The van der Waals surface area contributed by atoms with Gasteiger partial charge in [-0.25, -0.2) is 4.98 Å². The molecule has 3 aromatic rings. The molecule has 0 unspecified atom stereocenters. The summed E-state index contributed by atoms with van der Waals surface area (Å²) in [5.41, 5.74) is 1.72. The topological polar surface area (TPSA) is 53.4 Å². The highest BCUT2D eigenvalue weighted by Crippen LogP contribution is 2.39. The molecule has 0 aliphatic carbocycles. The van der Waals surface area contributed by atoms with Gasteiger partial charge in [0.1, 0.15) is 17.9 Å². The fourth-order valence-corrected chi connectivity index (χ4v) is 4.49. The highest BCUT2D eigenvalue weighted by atomic mass is 35.5. The number of thioether (sulfide) groups is 1. The lowest BCUT2D eigenvalue weighted by molar-refractivity contribution is 0.171. The smallest absolute Gasteiger partial charge is 0.271 e. The van der Waals surface area contributed by atoms with Gasteiger partial charge in [0.15, 0.2) is 16.7 Å². The summed E-state index contributed by atoms with van der Waals surface area (Å²) in [7, 11) is 1.74. The summed E-state index contributed by atoms with van der Waals surface area (Å²) in [6.45, 7) is 1.03. The summed E-state index contributed by atoms with van der Waals surface area (Å²) in [5, 5.41) is 3.10. The highest BCUT2D eigenvalue weighted by molar-refractivity contribution is 7.98. The molecule has 0 radical (unpaired) electrons. The van der Waals surface area contributed by atoms with E-state index in [1.165, 1.54) is 23.1 Å². The Kier molecular flexibility index (Phi) is 4.15. The summed E-state index contributed by atoms with van der Waals surface area (Å²) in [6.07, 6.45) is 0. The Morgan fingerprint density at radius 1 is 1.38 bits per heavy atom. The van der Waals surface area contributed by atoms with Crippen molar-refractivity contribution >= 4 is 44.9 Å². The van der Waals surface area contributed by atoms with Gasteiger partial charge >= 0.3 is 0 Å². The fourth-order valence-electron chi connectivity index (χ4n) is 2.49. The van der Waals surface area contributed by atoms with Gasteiger partial charge in [0.05, 0.1) is 10.5 Å². The second kappa shape index (κ2) is 6.31. The lowest BCUT2D eigenvalue weighted by Crippen LogP contribution is -2.18. The van der Waals surface area contributed by atoms with Gasteiger partial charge in [-0.1, -0.05) is 23.4 Å². The summed E-state index contributed by atoms with van der Waals surface area (Å²) in [5.74, 6) is 1.90. The van der Waals surface area contributed by atoms with Crippen LogP contribution < -0.4 is 15.0 Å². The minimum atomic E-state index is -0.0160. The van der Waals surface area contributed by atoms with Crippen molar-refractivity contribution < 1.29 is 9.47 Å². The van der Waals surface area contributed by atoms with Crippen molar-refractivity contribution in [3.8, 4) is 11.5 Å². The monoisotopic (exact) mass is 380 g/mol. The Morgan fingerprint density at radius 3 is 3.08 bits per heavy atom. The molecule has 2 aromatic heterocycles. The maximum absolute atomic E-state index is 12.3. The van der Waals surface area contributed by atoms with Crippen LogP contribution >= 0.6 is 34.7 Å². The number of benzene rings is 1. The molecule has 3 heterocycles. The highest BCUT2D eigenvalue weighted by Gasteiger charge is 2.17. The number of aromatic nitrogens is 2. The van der Waals surface area contributed by atoms with Gasteiger partial charge in [-0.15, -0.1) is 11.3 Å². The largest absolute Gasteiger partial charge is 0.486 e. The molecule has 5 nitrogen and oxygen atoms in total. The van der Waals surface area contributed by atoms with Gasteiger partial charge in [0, 0.05) is 12.8 Å². The van der Waals surface area contributed by atoms with E-state index in [1.54, 1.807) is 11.6 Å². The molecule has 0 bridgehead atoms. The van der Waals surface area contributed by atoms with E-state index in [9.17, 15) is 4.79 Å². The number of nitrogens with zero attached hydrogens (tertiary/aromatic N) is 2. The average molecular weight is 381 g/mol. The molecule has 0 atom stereocenters. The molecule has 0 saturated carbocycles. The first-order chi connectivity index (χ1) is 11.6. The van der Waals surface area contributed by atoms with Gasteiger partial charge in [-0.2, -0.15) is 0 Å². The third-order valence-corrected chi connectivity index (χ3v) is 5.94. The molecule has 0 spiro atoms. The van der Waals surface area contributed by atoms with Crippen molar-refractivity contribution in [2.45, 2.75) is 10.9 Å². The third kappa shape index (κ3) is 2.76. The quantitative estimate of drug-likeness (QED) is 0.512. The van der Waals surface area contributed by atoms with Crippen molar-refractivity contribution in [3.05, 3.63) is 44.5 Å². The Labute approximate surface area is 151 Å². The zero-order valence-electron chi connectivity index (χ0n) is 12.7. The third-order valence-electron chi connectivity index (χ3n) is 3.67. The van der Waals surface area contributed by atoms with Crippen molar-refractivity contribution in [3.63, 3.8) is 0 Å². The first kappa shape index (κ1) is 15.8. The number of hydrogen-bond donors (Lipinski definition) is 0. The maximum Gasteiger partial charge on any atom is 0.271 e. The van der Waals surface area contributed by atoms with Gasteiger partial charge in [0.25, 0.3) is 5.56 Å². The molecule has 124 valence electrons. The van der Waals surface area contributed by atoms with E-state index >= 15 is 0 Å². The lowest BCUT2D eigenvalue weighted by Gasteiger charge is -2.20. The van der Waals surface area contributed by atoms with Gasteiger partial charge in [-0.3, -0.25) is 9.36 Å². The second-order valence-electron chi connectivity index (χ2n) is 5.28. The number of fused-ring (bicyclic) bond motifs is 2. The van der Waals surface area contributed by atoms with E-state index < -0.39 is 0 Å². The summed E-state index contributed by atoms with van der Waals surface area (Å²) in [4.78, 5) is 16.9. The van der Waals surface area contributed by atoms with Crippen LogP contribution in [0.3, 0.4) is 0 Å². The molecular formula is C16H13ClN2O3S2. The molecular weight excluding hydrogens is 368 g/mol. The first-order valence-corrected chi connectivity index (χ1v) is 9.53. The van der Waals surface area contributed by atoms with E-state index in [4.69, 9.17) is 21.1 Å². The summed E-state index contributed by atoms with van der Waals surface area (Å²) in [6, 6.07) is 5.66. The van der Waals surface area contributed by atoms with Crippen LogP contribution in [-0.4, -0.2) is 22.8 Å². The van der Waals surface area contributed by atoms with E-state index in [2.05, 4.69) is 4.98 Å². The second-order valence-corrected chi connectivity index (χ2v) is 7.55. The normalized spacial score (nSPS) is 13.4. The van der Waals surface area contributed by atoms with Crippen LogP contribution in [0.4, 0.5) is 0 Å². The zero-order valence-corrected chi connectivity index (χ0v) is 15.1. The SMILES string of the molecule is Cn1c(SCc2cc(Cl)c3c(c2)OCCO3)nc2ccsc2c1=O. The van der Waals surface area contributed by atoms with Crippen LogP contribution in [0.25, 0.3) is 10.2 Å². The lowest BCUT2D eigenvalue weighted by atomic mass is 10.2. The Hall–Kier alpha value is -1.70. The molecule has 1 aromatic carbocycles. The number of hydrogen-bond acceptors (Lipinski definition) is 6. The Bertz CT molecular complexity index is 983. The Balaban J connectivity index is 1.62. The first-order valence-electron chi connectivity index (χ1n) is 7.28. The van der Waals surface area contributed by atoms with Crippen LogP contribution in [0.5, 0.6) is 11.5 Å². The van der Waals surface area contributed by atoms with Gasteiger partial charge < -0.3 is 9.47 Å². The number of halogens is 1. The minimum Gasteiger partial charge on any atom is -0.486 e. The maximum atomic E-state index is 12.3. The number of thiophene rings is 1. The number of ether oxygens (including phenoxy) is 2. The molecule has 4 rings (SSSR count). The predicted octanol–water partition coefficient (Wildman–Crippen LogP) is 3.71. The van der Waals surface area contributed by atoms with E-state index in [0.717, 1.165) is 11.1 Å². The van der Waals surface area contributed by atoms with Crippen molar-refractivity contribution in [2.24, 2.45) is 7.05 Å². The Morgan fingerprint density at radius 2 is 2.21 bits per heavy atom. The van der Waals surface area contributed by atoms with Crippen LogP contribution in [0.2, 0.25) is 5.02 Å². The molecule has 0 amide bonds. The van der Waals surface area contributed by atoms with E-state index in [-0.39, 0.29) is 5.56 Å².